The van der Waals surface area contributed by atoms with Crippen molar-refractivity contribution in [3.63, 3.8) is 0 Å². The number of nitrogens with one attached hydrogen (secondary N) is 2. The van der Waals surface area contributed by atoms with Gasteiger partial charge in [-0.05, 0) is 42.8 Å². The van der Waals surface area contributed by atoms with Gasteiger partial charge in [0.15, 0.2) is 11.5 Å². The third-order valence-corrected chi connectivity index (χ3v) is 4.75. The lowest BCUT2D eigenvalue weighted by Crippen LogP contribution is -2.37. The lowest BCUT2D eigenvalue weighted by Gasteiger charge is -2.18. The lowest BCUT2D eigenvalue weighted by molar-refractivity contribution is -0.114. The van der Waals surface area contributed by atoms with Crippen molar-refractivity contribution in [1.29, 1.82) is 0 Å². The van der Waals surface area contributed by atoms with E-state index in [1.54, 1.807) is 36.5 Å². The maximum absolute atomic E-state index is 12.2. The van der Waals surface area contributed by atoms with Gasteiger partial charge in [-0.1, -0.05) is 22.0 Å². The molecule has 0 fully saturated rings. The Morgan fingerprint density at radius 1 is 1.10 bits per heavy atom. The molecular weight excluding hydrogens is 440 g/mol. The quantitative estimate of drug-likeness (QED) is 0.318. The highest BCUT2D eigenvalue weighted by molar-refractivity contribution is 9.10. The first kappa shape index (κ1) is 20.9. The molecule has 0 bridgehead atoms. The van der Waals surface area contributed by atoms with Crippen LogP contribution in [0.25, 0.3) is 5.57 Å². The fourth-order valence-electron chi connectivity index (χ4n) is 2.86. The van der Waals surface area contributed by atoms with Gasteiger partial charge in [-0.2, -0.15) is 0 Å². The summed E-state index contributed by atoms with van der Waals surface area (Å²) in [7, 11) is 0. The van der Waals surface area contributed by atoms with E-state index in [-0.39, 0.29) is 5.75 Å². The average Bonchev–Trinajstić information content (AvgIpc) is 2.69. The maximum Gasteiger partial charge on any atom is 0.260 e. The van der Waals surface area contributed by atoms with Crippen molar-refractivity contribution >= 4 is 33.3 Å². The van der Waals surface area contributed by atoms with Gasteiger partial charge < -0.3 is 19.9 Å². The molecule has 7 nitrogen and oxygen atoms in total. The van der Waals surface area contributed by atoms with Crippen LogP contribution >= 0.6 is 15.9 Å². The highest BCUT2D eigenvalue weighted by Crippen LogP contribution is 2.28. The zero-order valence-corrected chi connectivity index (χ0v) is 17.4. The number of aromatic hydroxyl groups is 1. The Bertz CT molecular complexity index is 958. The molecule has 3 N–H and O–H groups in total. The second-order valence-corrected chi connectivity index (χ2v) is 7.18. The molecule has 1 aliphatic heterocycles. The van der Waals surface area contributed by atoms with Crippen molar-refractivity contribution in [2.24, 2.45) is 0 Å². The summed E-state index contributed by atoms with van der Waals surface area (Å²) in [5, 5.41) is 15.5. The van der Waals surface area contributed by atoms with Gasteiger partial charge in [-0.25, -0.2) is 0 Å². The first-order valence-electron chi connectivity index (χ1n) is 9.11. The molecule has 1 aliphatic rings. The number of carbonyl (C=O) groups excluding carboxylic acids is 2. The van der Waals surface area contributed by atoms with Crippen LogP contribution in [0.1, 0.15) is 28.4 Å². The predicted octanol–water partition coefficient (Wildman–Crippen LogP) is 2.97. The number of rotatable bonds is 8. The van der Waals surface area contributed by atoms with Crippen molar-refractivity contribution < 1.29 is 24.2 Å². The topological polar surface area (TPSA) is 96.9 Å². The highest BCUT2D eigenvalue weighted by atomic mass is 79.9. The van der Waals surface area contributed by atoms with Crippen LogP contribution in [0.3, 0.4) is 0 Å². The predicted molar refractivity (Wildman–Crippen MR) is 112 cm³/mol. The Morgan fingerprint density at radius 2 is 1.93 bits per heavy atom. The van der Waals surface area contributed by atoms with E-state index in [0.717, 1.165) is 10.0 Å². The Morgan fingerprint density at radius 3 is 2.69 bits per heavy atom. The SMILES string of the molecule is CCOCCOc1ccc(CNC=C2C(=O)NC(=O)c3ccc(Br)cc32)cc1O. The van der Waals surface area contributed by atoms with Crippen LogP contribution in [0.15, 0.2) is 47.1 Å². The smallest absolute Gasteiger partial charge is 0.260 e. The van der Waals surface area contributed by atoms with Gasteiger partial charge in [0.05, 0.1) is 12.2 Å². The Balaban J connectivity index is 1.67. The zero-order valence-electron chi connectivity index (χ0n) is 15.8. The molecule has 152 valence electrons. The first-order valence-corrected chi connectivity index (χ1v) is 9.90. The molecule has 0 unspecified atom stereocenters. The van der Waals surface area contributed by atoms with Crippen LogP contribution in [0.4, 0.5) is 0 Å². The maximum atomic E-state index is 12.2. The van der Waals surface area contributed by atoms with Crippen molar-refractivity contribution in [3.8, 4) is 11.5 Å². The number of amides is 2. The summed E-state index contributed by atoms with van der Waals surface area (Å²) in [6, 6.07) is 10.2. The van der Waals surface area contributed by atoms with Crippen molar-refractivity contribution in [3.05, 3.63) is 63.8 Å². The molecule has 0 aliphatic carbocycles. The number of ether oxygens (including phenoxy) is 2. The van der Waals surface area contributed by atoms with Crippen LogP contribution in [0.2, 0.25) is 0 Å². The molecule has 0 atom stereocenters. The number of fused-ring (bicyclic) bond motifs is 1. The number of hydrogen-bond donors (Lipinski definition) is 3. The number of benzene rings is 2. The average molecular weight is 461 g/mol. The molecule has 3 rings (SSSR count). The van der Waals surface area contributed by atoms with Crippen molar-refractivity contribution in [2.75, 3.05) is 19.8 Å². The van der Waals surface area contributed by atoms with E-state index in [9.17, 15) is 14.7 Å². The second-order valence-electron chi connectivity index (χ2n) is 6.26. The minimum absolute atomic E-state index is 0.0312. The van der Waals surface area contributed by atoms with E-state index in [1.807, 2.05) is 13.0 Å². The minimum atomic E-state index is -0.464. The van der Waals surface area contributed by atoms with Gasteiger partial charge in [0, 0.05) is 35.0 Å². The fourth-order valence-corrected chi connectivity index (χ4v) is 3.22. The molecule has 0 aromatic heterocycles. The first-order chi connectivity index (χ1) is 14.0. The molecule has 29 heavy (non-hydrogen) atoms. The number of carbonyl (C=O) groups is 2. The molecule has 2 amide bonds. The van der Waals surface area contributed by atoms with Gasteiger partial charge >= 0.3 is 0 Å². The van der Waals surface area contributed by atoms with Gasteiger partial charge in [0.25, 0.3) is 11.8 Å². The van der Waals surface area contributed by atoms with Crippen molar-refractivity contribution in [1.82, 2.24) is 10.6 Å². The molecule has 0 saturated carbocycles. The highest BCUT2D eigenvalue weighted by Gasteiger charge is 2.27. The standard InChI is InChI=1S/C21H21BrN2O5/c1-2-28-7-8-29-19-6-3-13(9-18(19)25)11-23-12-17-16-10-14(22)4-5-15(16)20(26)24-21(17)27/h3-6,9-10,12,23,25H,2,7-8,11H2,1H3,(H,24,26,27). The van der Waals surface area contributed by atoms with E-state index in [0.29, 0.717) is 48.8 Å². The number of halogens is 1. The summed E-state index contributed by atoms with van der Waals surface area (Å²) in [6.45, 7) is 3.70. The number of phenolic OH excluding ortho intramolecular Hbond substituents is 1. The van der Waals surface area contributed by atoms with Crippen LogP contribution in [-0.2, 0) is 16.1 Å². The molecule has 0 radical (unpaired) electrons. The van der Waals surface area contributed by atoms with Gasteiger partial charge in [-0.3, -0.25) is 14.9 Å². The second kappa shape index (κ2) is 9.58. The van der Waals surface area contributed by atoms with Crippen LogP contribution < -0.4 is 15.4 Å². The summed E-state index contributed by atoms with van der Waals surface area (Å²) >= 11 is 3.37. The Labute approximate surface area is 176 Å². The zero-order chi connectivity index (χ0) is 20.8. The molecule has 1 heterocycles. The third-order valence-electron chi connectivity index (χ3n) is 4.25. The van der Waals surface area contributed by atoms with Gasteiger partial charge in [0.1, 0.15) is 6.61 Å². The Hall–Kier alpha value is -2.84. The fraction of sp³-hybridized carbons (Fsp3) is 0.238. The molecule has 0 saturated heterocycles. The summed E-state index contributed by atoms with van der Waals surface area (Å²) < 4.78 is 11.4. The van der Waals surface area contributed by atoms with Crippen LogP contribution in [-0.4, -0.2) is 36.7 Å². The van der Waals surface area contributed by atoms with E-state index >= 15 is 0 Å². The largest absolute Gasteiger partial charge is 0.504 e. The van der Waals surface area contributed by atoms with E-state index < -0.39 is 11.8 Å². The summed E-state index contributed by atoms with van der Waals surface area (Å²) in [5.41, 5.74) is 2.16. The van der Waals surface area contributed by atoms with Gasteiger partial charge in [0.2, 0.25) is 0 Å². The summed E-state index contributed by atoms with van der Waals surface area (Å²) in [5.74, 6) is -0.465. The number of imide groups is 1. The summed E-state index contributed by atoms with van der Waals surface area (Å²) in [6.07, 6.45) is 1.57. The molecule has 0 spiro atoms. The molecule has 2 aromatic rings. The normalized spacial score (nSPS) is 14.5. The van der Waals surface area contributed by atoms with Crippen LogP contribution in [0.5, 0.6) is 11.5 Å². The molecule has 8 heteroatoms. The molecule has 2 aromatic carbocycles. The summed E-state index contributed by atoms with van der Waals surface area (Å²) in [4.78, 5) is 24.2. The van der Waals surface area contributed by atoms with E-state index in [4.69, 9.17) is 9.47 Å². The third kappa shape index (κ3) is 5.16. The van der Waals surface area contributed by atoms with Crippen molar-refractivity contribution in [2.45, 2.75) is 13.5 Å². The number of hydrogen-bond acceptors (Lipinski definition) is 6. The molecular formula is C21H21BrN2O5. The van der Waals surface area contributed by atoms with Gasteiger partial charge in [-0.15, -0.1) is 0 Å². The van der Waals surface area contributed by atoms with E-state index in [2.05, 4.69) is 26.6 Å². The number of phenols is 1. The Kier molecular flexibility index (Phi) is 6.90. The van der Waals surface area contributed by atoms with E-state index in [1.165, 1.54) is 0 Å². The lowest BCUT2D eigenvalue weighted by atomic mass is 9.95. The monoisotopic (exact) mass is 460 g/mol. The minimum Gasteiger partial charge on any atom is -0.504 e. The van der Waals surface area contributed by atoms with Crippen LogP contribution in [0, 0.1) is 0 Å².